The number of hydrogen-bond donors (Lipinski definition) is 1. The fourth-order valence-corrected chi connectivity index (χ4v) is 3.29. The van der Waals surface area contributed by atoms with Crippen molar-refractivity contribution in [2.24, 2.45) is 0 Å². The van der Waals surface area contributed by atoms with Crippen LogP contribution in [0.1, 0.15) is 22.1 Å². The number of nitrogens with one attached hydrogen (secondary N) is 1. The third kappa shape index (κ3) is 5.58. The Balaban J connectivity index is 1.62. The minimum atomic E-state index is -0.180. The Bertz CT molecular complexity index is 912. The summed E-state index contributed by atoms with van der Waals surface area (Å²) in [5.74, 6) is 2.19. The van der Waals surface area contributed by atoms with Gasteiger partial charge < -0.3 is 19.3 Å². The van der Waals surface area contributed by atoms with Crippen molar-refractivity contribution in [3.05, 3.63) is 65.8 Å². The van der Waals surface area contributed by atoms with E-state index in [0.29, 0.717) is 41.9 Å². The van der Waals surface area contributed by atoms with E-state index in [1.807, 2.05) is 30.3 Å². The number of benzene rings is 2. The summed E-state index contributed by atoms with van der Waals surface area (Å²) in [7, 11) is 1.63. The summed E-state index contributed by atoms with van der Waals surface area (Å²) < 4.78 is 15.5. The molecule has 0 aliphatic heterocycles. The van der Waals surface area contributed by atoms with Crippen LogP contribution in [0.3, 0.4) is 0 Å². The van der Waals surface area contributed by atoms with E-state index in [-0.39, 0.29) is 5.91 Å². The van der Waals surface area contributed by atoms with Crippen molar-refractivity contribution < 1.29 is 18.8 Å². The lowest BCUT2D eigenvalue weighted by Gasteiger charge is -2.10. The van der Waals surface area contributed by atoms with Gasteiger partial charge in [0, 0.05) is 24.6 Å². The van der Waals surface area contributed by atoms with Crippen LogP contribution in [0.2, 0.25) is 0 Å². The molecule has 0 aliphatic rings. The summed E-state index contributed by atoms with van der Waals surface area (Å²) in [5.41, 5.74) is 1.28. The van der Waals surface area contributed by atoms with Gasteiger partial charge >= 0.3 is 0 Å². The zero-order valence-electron chi connectivity index (χ0n) is 15.7. The summed E-state index contributed by atoms with van der Waals surface area (Å²) in [6.45, 7) is 2.75. The molecule has 0 radical (unpaired) electrons. The average molecular weight is 399 g/mol. The van der Waals surface area contributed by atoms with Crippen molar-refractivity contribution in [1.82, 2.24) is 10.1 Å². The van der Waals surface area contributed by atoms with Gasteiger partial charge in [-0.15, -0.1) is 11.8 Å². The highest BCUT2D eigenvalue weighted by molar-refractivity contribution is 7.98. The van der Waals surface area contributed by atoms with E-state index >= 15 is 0 Å². The first kappa shape index (κ1) is 19.9. The Hall–Kier alpha value is -2.84. The van der Waals surface area contributed by atoms with Crippen LogP contribution in [0.5, 0.6) is 5.75 Å². The number of nitrogens with zero attached hydrogens (tertiary/aromatic N) is 2. The zero-order valence-corrected chi connectivity index (χ0v) is 16.5. The van der Waals surface area contributed by atoms with Gasteiger partial charge in [-0.2, -0.15) is 4.98 Å². The summed E-state index contributed by atoms with van der Waals surface area (Å²) in [6.07, 6.45) is 0. The van der Waals surface area contributed by atoms with Crippen LogP contribution in [0.15, 0.2) is 57.9 Å². The van der Waals surface area contributed by atoms with E-state index in [4.69, 9.17) is 14.0 Å². The molecule has 8 heteroatoms. The molecule has 0 spiro atoms. The van der Waals surface area contributed by atoms with Crippen molar-refractivity contribution in [2.75, 3.05) is 25.6 Å². The van der Waals surface area contributed by atoms with Gasteiger partial charge in [0.25, 0.3) is 5.91 Å². The first-order chi connectivity index (χ1) is 13.7. The number of aromatic nitrogens is 2. The van der Waals surface area contributed by atoms with Gasteiger partial charge in [-0.05, 0) is 36.4 Å². The maximum Gasteiger partial charge on any atom is 0.256 e. The molecule has 0 atom stereocenters. The lowest BCUT2D eigenvalue weighted by molar-refractivity contribution is 0.102. The number of hydrogen-bond acceptors (Lipinski definition) is 7. The molecule has 1 N–H and O–H groups in total. The lowest BCUT2D eigenvalue weighted by atomic mass is 10.2. The zero-order chi connectivity index (χ0) is 19.8. The maximum atomic E-state index is 12.7. The highest BCUT2D eigenvalue weighted by Gasteiger charge is 2.13. The van der Waals surface area contributed by atoms with E-state index < -0.39 is 0 Å². The molecule has 0 fully saturated rings. The predicted molar refractivity (Wildman–Crippen MR) is 107 cm³/mol. The summed E-state index contributed by atoms with van der Waals surface area (Å²) >= 11 is 1.49. The Morgan fingerprint density at radius 2 is 1.93 bits per heavy atom. The molecule has 7 nitrogen and oxygen atoms in total. The second kappa shape index (κ2) is 9.91. The first-order valence-corrected chi connectivity index (χ1v) is 9.68. The van der Waals surface area contributed by atoms with E-state index in [9.17, 15) is 4.79 Å². The smallest absolute Gasteiger partial charge is 0.256 e. The lowest BCUT2D eigenvalue weighted by Crippen LogP contribution is -2.13. The number of amides is 1. The van der Waals surface area contributed by atoms with Crippen molar-refractivity contribution in [3.8, 4) is 5.75 Å². The van der Waals surface area contributed by atoms with Crippen molar-refractivity contribution in [2.45, 2.75) is 17.6 Å². The molecule has 0 saturated heterocycles. The fourth-order valence-electron chi connectivity index (χ4n) is 2.40. The third-order valence-electron chi connectivity index (χ3n) is 3.73. The van der Waals surface area contributed by atoms with Gasteiger partial charge in [-0.3, -0.25) is 4.79 Å². The number of aryl methyl sites for hydroxylation is 1. The monoisotopic (exact) mass is 399 g/mol. The molecule has 0 bridgehead atoms. The molecule has 0 saturated carbocycles. The number of methoxy groups -OCH3 is 1. The fraction of sp³-hybridized carbons (Fsp3) is 0.250. The number of anilines is 1. The van der Waals surface area contributed by atoms with Crippen LogP contribution < -0.4 is 10.1 Å². The molecule has 146 valence electrons. The van der Waals surface area contributed by atoms with Crippen LogP contribution in [0, 0.1) is 6.92 Å². The Labute approximate surface area is 167 Å². The topological polar surface area (TPSA) is 86.5 Å². The number of thioether (sulfide) groups is 1. The van der Waals surface area contributed by atoms with Crippen LogP contribution >= 0.6 is 11.8 Å². The van der Waals surface area contributed by atoms with E-state index in [1.54, 1.807) is 32.2 Å². The summed E-state index contributed by atoms with van der Waals surface area (Å²) in [6, 6.07) is 14.7. The number of carbonyl (C=O) groups excluding carboxylic acids is 1. The van der Waals surface area contributed by atoms with Crippen molar-refractivity contribution in [3.63, 3.8) is 0 Å². The number of carbonyl (C=O) groups is 1. The van der Waals surface area contributed by atoms with Gasteiger partial charge in [0.15, 0.2) is 5.82 Å². The molecule has 0 unspecified atom stereocenters. The van der Waals surface area contributed by atoms with Crippen molar-refractivity contribution >= 4 is 23.4 Å². The molecular weight excluding hydrogens is 378 g/mol. The minimum Gasteiger partial charge on any atom is -0.491 e. The first-order valence-electron chi connectivity index (χ1n) is 8.70. The summed E-state index contributed by atoms with van der Waals surface area (Å²) in [4.78, 5) is 17.8. The SMILES string of the molecule is COCCOc1ccc(NC(=O)c2ccccc2SCc2noc(C)n2)cc1. The highest BCUT2D eigenvalue weighted by atomic mass is 32.2. The van der Waals surface area contributed by atoms with Crippen molar-refractivity contribution in [1.29, 1.82) is 0 Å². The molecular formula is C20H21N3O4S. The van der Waals surface area contributed by atoms with Crippen LogP contribution in [0.4, 0.5) is 5.69 Å². The molecule has 28 heavy (non-hydrogen) atoms. The van der Waals surface area contributed by atoms with Gasteiger partial charge in [0.1, 0.15) is 12.4 Å². The molecule has 2 aromatic carbocycles. The largest absolute Gasteiger partial charge is 0.491 e. The third-order valence-corrected chi connectivity index (χ3v) is 4.80. The highest BCUT2D eigenvalue weighted by Crippen LogP contribution is 2.26. The standard InChI is InChI=1S/C20H21N3O4S/c1-14-21-19(23-27-14)13-28-18-6-4-3-5-17(18)20(24)22-15-7-9-16(10-8-15)26-12-11-25-2/h3-10H,11-13H2,1-2H3,(H,22,24). The second-order valence-corrected chi connectivity index (χ2v) is 6.85. The van der Waals surface area contributed by atoms with Gasteiger partial charge in [-0.1, -0.05) is 17.3 Å². The van der Waals surface area contributed by atoms with Crippen LogP contribution in [-0.2, 0) is 10.5 Å². The minimum absolute atomic E-state index is 0.180. The van der Waals surface area contributed by atoms with Gasteiger partial charge in [-0.25, -0.2) is 0 Å². The molecule has 3 rings (SSSR count). The molecule has 1 heterocycles. The number of rotatable bonds is 9. The Morgan fingerprint density at radius 1 is 1.14 bits per heavy atom. The van der Waals surface area contributed by atoms with Gasteiger partial charge in [0.2, 0.25) is 5.89 Å². The predicted octanol–water partition coefficient (Wildman–Crippen LogP) is 3.95. The number of ether oxygens (including phenoxy) is 2. The molecule has 0 aliphatic carbocycles. The van der Waals surface area contributed by atoms with E-state index in [0.717, 1.165) is 10.6 Å². The summed E-state index contributed by atoms with van der Waals surface area (Å²) in [5, 5.41) is 6.79. The Kier molecular flexibility index (Phi) is 7.05. The average Bonchev–Trinajstić information content (AvgIpc) is 3.13. The van der Waals surface area contributed by atoms with Crippen LogP contribution in [-0.4, -0.2) is 36.4 Å². The van der Waals surface area contributed by atoms with E-state index in [1.165, 1.54) is 11.8 Å². The second-order valence-electron chi connectivity index (χ2n) is 5.83. The maximum absolute atomic E-state index is 12.7. The van der Waals surface area contributed by atoms with Crippen LogP contribution in [0.25, 0.3) is 0 Å². The molecule has 1 amide bonds. The quantitative estimate of drug-likeness (QED) is 0.431. The van der Waals surface area contributed by atoms with E-state index in [2.05, 4.69) is 15.5 Å². The van der Waals surface area contributed by atoms with Gasteiger partial charge in [0.05, 0.1) is 17.9 Å². The molecule has 3 aromatic rings. The normalized spacial score (nSPS) is 10.6. The Morgan fingerprint density at radius 3 is 2.64 bits per heavy atom. The molecule has 1 aromatic heterocycles.